The molecule has 0 bridgehead atoms. The van der Waals surface area contributed by atoms with E-state index in [-0.39, 0.29) is 5.56 Å². The average molecular weight is 416 g/mol. The molecule has 0 spiro atoms. The first-order valence-electron chi connectivity index (χ1n) is 10.9. The summed E-state index contributed by atoms with van der Waals surface area (Å²) < 4.78 is 3.44. The van der Waals surface area contributed by atoms with E-state index in [9.17, 15) is 4.79 Å². The van der Waals surface area contributed by atoms with Crippen molar-refractivity contribution in [2.24, 2.45) is 0 Å². The minimum atomic E-state index is -0.0958. The first kappa shape index (κ1) is 18.5. The Labute approximate surface area is 179 Å². The Bertz CT molecular complexity index is 1360. The van der Waals surface area contributed by atoms with Crippen molar-refractivity contribution in [2.45, 2.75) is 32.7 Å². The van der Waals surface area contributed by atoms with Gasteiger partial charge in [0.15, 0.2) is 0 Å². The number of fused-ring (bicyclic) bond motifs is 2. The number of rotatable bonds is 3. The van der Waals surface area contributed by atoms with Gasteiger partial charge >= 0.3 is 0 Å². The first-order chi connectivity index (χ1) is 15.0. The summed E-state index contributed by atoms with van der Waals surface area (Å²) in [7, 11) is 0. The van der Waals surface area contributed by atoms with Crippen LogP contribution < -0.4 is 10.5 Å². The summed E-state index contributed by atoms with van der Waals surface area (Å²) in [4.78, 5) is 27.0. The van der Waals surface area contributed by atoms with Crippen LogP contribution in [0.3, 0.4) is 0 Å². The molecule has 158 valence electrons. The van der Waals surface area contributed by atoms with E-state index in [4.69, 9.17) is 4.98 Å². The van der Waals surface area contributed by atoms with Gasteiger partial charge in [-0.15, -0.1) is 0 Å². The number of pyridine rings is 1. The van der Waals surface area contributed by atoms with Crippen molar-refractivity contribution in [3.63, 3.8) is 0 Å². The Morgan fingerprint density at radius 1 is 0.968 bits per heavy atom. The molecule has 8 nitrogen and oxygen atoms in total. The van der Waals surface area contributed by atoms with Gasteiger partial charge in [0, 0.05) is 31.4 Å². The van der Waals surface area contributed by atoms with Gasteiger partial charge in [-0.1, -0.05) is 0 Å². The summed E-state index contributed by atoms with van der Waals surface area (Å²) in [6.45, 7) is 8.40. The molecule has 0 aliphatic carbocycles. The summed E-state index contributed by atoms with van der Waals surface area (Å²) >= 11 is 0. The second-order valence-electron chi connectivity index (χ2n) is 8.72. The molecule has 0 N–H and O–H groups in total. The highest BCUT2D eigenvalue weighted by atomic mass is 16.1. The van der Waals surface area contributed by atoms with E-state index >= 15 is 0 Å². The highest BCUT2D eigenvalue weighted by Crippen LogP contribution is 2.26. The van der Waals surface area contributed by atoms with E-state index in [1.165, 1.54) is 25.9 Å². The molecule has 4 aromatic heterocycles. The summed E-state index contributed by atoms with van der Waals surface area (Å²) in [5, 5.41) is 4.62. The van der Waals surface area contributed by atoms with Crippen LogP contribution >= 0.6 is 0 Å². The largest absolute Gasteiger partial charge is 0.367 e. The maximum atomic E-state index is 12.9. The Morgan fingerprint density at radius 2 is 1.77 bits per heavy atom. The molecule has 0 atom stereocenters. The quantitative estimate of drug-likeness (QED) is 0.511. The fourth-order valence-corrected chi connectivity index (χ4v) is 4.83. The minimum Gasteiger partial charge on any atom is -0.367 e. The van der Waals surface area contributed by atoms with Crippen LogP contribution in [0.25, 0.3) is 22.6 Å². The summed E-state index contributed by atoms with van der Waals surface area (Å²) in [5.74, 6) is 0. The zero-order valence-electron chi connectivity index (χ0n) is 17.8. The highest BCUT2D eigenvalue weighted by molar-refractivity contribution is 5.66. The Hall–Kier alpha value is -3.26. The summed E-state index contributed by atoms with van der Waals surface area (Å²) in [6, 6.07) is 8.14. The number of anilines is 1. The molecule has 0 amide bonds. The molecule has 2 fully saturated rings. The van der Waals surface area contributed by atoms with Gasteiger partial charge in [0.2, 0.25) is 0 Å². The van der Waals surface area contributed by atoms with Crippen molar-refractivity contribution >= 4 is 16.9 Å². The van der Waals surface area contributed by atoms with Gasteiger partial charge in [-0.2, -0.15) is 5.10 Å². The van der Waals surface area contributed by atoms with Gasteiger partial charge in [-0.05, 0) is 58.0 Å². The van der Waals surface area contributed by atoms with Gasteiger partial charge in [-0.25, -0.2) is 9.50 Å². The molecule has 2 aliphatic heterocycles. The van der Waals surface area contributed by atoms with E-state index in [0.29, 0.717) is 23.1 Å². The smallest absolute Gasteiger partial charge is 0.258 e. The van der Waals surface area contributed by atoms with Crippen molar-refractivity contribution < 1.29 is 0 Å². The topological polar surface area (TPSA) is 71.0 Å². The monoisotopic (exact) mass is 415 g/mol. The lowest BCUT2D eigenvalue weighted by Crippen LogP contribution is -2.58. The summed E-state index contributed by atoms with van der Waals surface area (Å²) in [5.41, 5.74) is 5.59. The van der Waals surface area contributed by atoms with E-state index in [2.05, 4.69) is 25.9 Å². The van der Waals surface area contributed by atoms with Gasteiger partial charge in [0.1, 0.15) is 11.3 Å². The van der Waals surface area contributed by atoms with E-state index in [0.717, 1.165) is 35.7 Å². The molecule has 6 heterocycles. The average Bonchev–Trinajstić information content (AvgIpc) is 3.37. The molecule has 8 heteroatoms. The number of aromatic nitrogens is 5. The number of aryl methyl sites for hydroxylation is 2. The normalized spacial score (nSPS) is 17.7. The molecule has 6 rings (SSSR count). The molecule has 0 radical (unpaired) electrons. The number of nitrogens with zero attached hydrogens (tertiary/aromatic N) is 7. The lowest BCUT2D eigenvalue weighted by Gasteiger charge is -2.45. The molecule has 2 saturated heterocycles. The fraction of sp³-hybridized carbons (Fsp3) is 0.391. The van der Waals surface area contributed by atoms with Crippen LogP contribution in [-0.4, -0.2) is 61.1 Å². The molecule has 0 saturated carbocycles. The third-order valence-electron chi connectivity index (χ3n) is 6.55. The Morgan fingerprint density at radius 3 is 2.58 bits per heavy atom. The predicted molar refractivity (Wildman–Crippen MR) is 120 cm³/mol. The number of hydrogen-bond donors (Lipinski definition) is 0. The second kappa shape index (κ2) is 6.88. The number of likely N-dealkylation sites (tertiary alicyclic amines) is 1. The standard InChI is InChI=1S/C23H25N7O/c1-15-11-30-21(16(2)24-15)9-20(26-30)19-10-23(31)29-14-17(5-6-22(29)25-19)28-12-18(13-28)27-7-3-4-8-27/h5-6,9-11,14,18H,3-4,7-8,12-13H2,1-2H3. The Balaban J connectivity index is 1.31. The lowest BCUT2D eigenvalue weighted by molar-refractivity contribution is 0.205. The Kier molecular flexibility index (Phi) is 4.11. The molecule has 4 aromatic rings. The van der Waals surface area contributed by atoms with E-state index < -0.39 is 0 Å². The van der Waals surface area contributed by atoms with Crippen molar-refractivity contribution in [1.82, 2.24) is 28.9 Å². The molecular weight excluding hydrogens is 390 g/mol. The zero-order chi connectivity index (χ0) is 21.1. The van der Waals surface area contributed by atoms with Gasteiger partial charge in [0.25, 0.3) is 5.56 Å². The lowest BCUT2D eigenvalue weighted by atomic mass is 10.1. The maximum Gasteiger partial charge on any atom is 0.258 e. The van der Waals surface area contributed by atoms with Crippen molar-refractivity contribution in [3.05, 3.63) is 58.4 Å². The van der Waals surface area contributed by atoms with Crippen LogP contribution in [0.2, 0.25) is 0 Å². The van der Waals surface area contributed by atoms with Crippen molar-refractivity contribution in [2.75, 3.05) is 31.1 Å². The predicted octanol–water partition coefficient (Wildman–Crippen LogP) is 2.31. The third-order valence-corrected chi connectivity index (χ3v) is 6.55. The van der Waals surface area contributed by atoms with E-state index in [1.54, 1.807) is 15.0 Å². The molecule has 2 aliphatic rings. The zero-order valence-corrected chi connectivity index (χ0v) is 17.8. The van der Waals surface area contributed by atoms with Gasteiger partial charge in [-0.3, -0.25) is 19.1 Å². The second-order valence-corrected chi connectivity index (χ2v) is 8.72. The van der Waals surface area contributed by atoms with Crippen LogP contribution in [0.4, 0.5) is 5.69 Å². The fourth-order valence-electron chi connectivity index (χ4n) is 4.83. The van der Waals surface area contributed by atoms with Crippen LogP contribution in [0.5, 0.6) is 0 Å². The first-order valence-corrected chi connectivity index (χ1v) is 10.9. The maximum absolute atomic E-state index is 12.9. The minimum absolute atomic E-state index is 0.0958. The molecule has 0 aromatic carbocycles. The van der Waals surface area contributed by atoms with Crippen LogP contribution in [-0.2, 0) is 0 Å². The third kappa shape index (κ3) is 3.09. The van der Waals surface area contributed by atoms with Gasteiger partial charge < -0.3 is 4.90 Å². The molecule has 31 heavy (non-hydrogen) atoms. The van der Waals surface area contributed by atoms with Crippen LogP contribution in [0.15, 0.2) is 41.5 Å². The molecule has 0 unspecified atom stereocenters. The number of hydrogen-bond acceptors (Lipinski definition) is 6. The highest BCUT2D eigenvalue weighted by Gasteiger charge is 2.33. The van der Waals surface area contributed by atoms with E-state index in [1.807, 2.05) is 38.4 Å². The summed E-state index contributed by atoms with van der Waals surface area (Å²) in [6.07, 6.45) is 6.43. The van der Waals surface area contributed by atoms with Gasteiger partial charge in [0.05, 0.1) is 34.5 Å². The molecular formula is C23H25N7O. The SMILES string of the molecule is Cc1cn2nc(-c3cc(=O)n4cc(N5CC(N6CCCC6)C5)ccc4n3)cc2c(C)n1. The van der Waals surface area contributed by atoms with Crippen molar-refractivity contribution in [3.8, 4) is 11.4 Å². The van der Waals surface area contributed by atoms with Crippen LogP contribution in [0, 0.1) is 13.8 Å². The van der Waals surface area contributed by atoms with Crippen molar-refractivity contribution in [1.29, 1.82) is 0 Å². The van der Waals surface area contributed by atoms with Crippen LogP contribution in [0.1, 0.15) is 24.2 Å².